The summed E-state index contributed by atoms with van der Waals surface area (Å²) in [5.74, 6) is -3.55. The number of carboxylic acids is 2. The largest absolute Gasteiger partial charge is 0.547 e. The van der Waals surface area contributed by atoms with Crippen LogP contribution in [0.3, 0.4) is 0 Å². The molecule has 0 radical (unpaired) electrons. The van der Waals surface area contributed by atoms with Crippen molar-refractivity contribution >= 4 is 34.7 Å². The highest BCUT2D eigenvalue weighted by molar-refractivity contribution is 5.69. The lowest BCUT2D eigenvalue weighted by molar-refractivity contribution is -0.597. The summed E-state index contributed by atoms with van der Waals surface area (Å²) >= 11 is 0. The van der Waals surface area contributed by atoms with Gasteiger partial charge in [-0.05, 0) is 75.9 Å². The number of nitrogens with zero attached hydrogens (tertiary/aromatic N) is 6. The molecule has 18 heteroatoms. The molecule has 2 unspecified atom stereocenters. The minimum Gasteiger partial charge on any atom is -0.547 e. The van der Waals surface area contributed by atoms with Crippen LogP contribution in [-0.2, 0) is 22.4 Å². The fourth-order valence-electron chi connectivity index (χ4n) is 5.30. The van der Waals surface area contributed by atoms with Gasteiger partial charge in [0, 0.05) is 24.3 Å². The minimum absolute atomic E-state index is 0.189. The first kappa shape index (κ1) is 45.0. The summed E-state index contributed by atoms with van der Waals surface area (Å²) in [5, 5.41) is 72.4. The molecule has 0 aliphatic carbocycles. The third kappa shape index (κ3) is 12.4. The Kier molecular flexibility index (Phi) is 15.9. The first-order valence-electron chi connectivity index (χ1n) is 18.2. The lowest BCUT2D eigenvalue weighted by Gasteiger charge is -2.05. The fraction of sp³-hybridized carbons (Fsp3) is 0.190. The van der Waals surface area contributed by atoms with Gasteiger partial charge in [-0.25, -0.2) is 0 Å². The van der Waals surface area contributed by atoms with Crippen LogP contribution in [0.15, 0.2) is 140 Å². The molecule has 0 aliphatic heterocycles. The zero-order valence-corrected chi connectivity index (χ0v) is 32.9. The van der Waals surface area contributed by atoms with Gasteiger partial charge in [-0.1, -0.05) is 36.4 Å². The van der Waals surface area contributed by atoms with Crippen molar-refractivity contribution in [3.63, 3.8) is 0 Å². The van der Waals surface area contributed by atoms with Crippen molar-refractivity contribution in [2.75, 3.05) is 0 Å². The number of benzene rings is 2. The van der Waals surface area contributed by atoms with Crippen molar-refractivity contribution in [3.05, 3.63) is 153 Å². The lowest BCUT2D eigenvalue weighted by atomic mass is 10.0. The molecular weight excluding hydrogens is 777 g/mol. The van der Waals surface area contributed by atoms with Gasteiger partial charge in [0.15, 0.2) is 36.2 Å². The summed E-state index contributed by atoms with van der Waals surface area (Å²) in [6.07, 6.45) is 5.89. The normalized spacial score (nSPS) is 11.9. The van der Waals surface area contributed by atoms with Gasteiger partial charge in [0.2, 0.25) is 11.8 Å². The maximum Gasteiger partial charge on any atom is 0.323 e. The Morgan fingerprint density at radius 2 is 0.883 bits per heavy atom. The minimum atomic E-state index is -1.44. The number of aromatic hydroxyl groups is 2. The van der Waals surface area contributed by atoms with E-state index >= 15 is 0 Å². The number of aromatic amines is 2. The second-order valence-corrected chi connectivity index (χ2v) is 13.0. The van der Waals surface area contributed by atoms with Crippen LogP contribution in [-0.4, -0.2) is 54.5 Å². The number of aromatic nitrogens is 4. The number of aryl methyl sites for hydroxylation is 2. The molecule has 0 spiro atoms. The van der Waals surface area contributed by atoms with Gasteiger partial charge in [-0.15, -0.1) is 10.2 Å². The molecule has 0 aliphatic rings. The Labute approximate surface area is 342 Å². The maximum atomic E-state index is 12.5. The van der Waals surface area contributed by atoms with E-state index in [9.17, 15) is 39.6 Å². The molecule has 2 atom stereocenters. The number of aliphatic hydroxyl groups is 2. The number of carbonyl (C=O) groups is 2. The number of H-pyrrole nitrogens is 2. The van der Waals surface area contributed by atoms with Crippen LogP contribution in [0.2, 0.25) is 0 Å². The summed E-state index contributed by atoms with van der Waals surface area (Å²) < 4.78 is 3.34. The Hall–Kier alpha value is -7.70. The van der Waals surface area contributed by atoms with E-state index in [4.69, 9.17) is 10.2 Å². The van der Waals surface area contributed by atoms with Crippen LogP contribution in [0.4, 0.5) is 22.7 Å². The zero-order chi connectivity index (χ0) is 43.9. The van der Waals surface area contributed by atoms with Gasteiger partial charge >= 0.3 is 11.1 Å². The number of nitrogens with one attached hydrogen (secondary N) is 2. The monoisotopic (exact) mass is 818 g/mol. The Balaban J connectivity index is 0.000000580. The van der Waals surface area contributed by atoms with Crippen molar-refractivity contribution in [1.82, 2.24) is 9.97 Å². The fourth-order valence-corrected chi connectivity index (χ4v) is 5.30. The van der Waals surface area contributed by atoms with E-state index in [-0.39, 0.29) is 23.1 Å². The lowest BCUT2D eigenvalue weighted by Crippen LogP contribution is -2.37. The number of azo groups is 2. The van der Waals surface area contributed by atoms with E-state index in [1.165, 1.54) is 0 Å². The average molecular weight is 819 g/mol. The number of hydrogen-bond donors (Lipinski definition) is 6. The van der Waals surface area contributed by atoms with E-state index in [0.717, 1.165) is 37.8 Å². The summed E-state index contributed by atoms with van der Waals surface area (Å²) in [7, 11) is 0. The third-order valence-electron chi connectivity index (χ3n) is 8.50. The second-order valence-electron chi connectivity index (χ2n) is 13.0. The van der Waals surface area contributed by atoms with Crippen LogP contribution >= 0.6 is 0 Å². The molecule has 60 heavy (non-hydrogen) atoms. The molecule has 310 valence electrons. The number of aliphatic carboxylic acids is 2. The van der Waals surface area contributed by atoms with Crippen LogP contribution < -0.4 is 30.5 Å². The predicted octanol–water partition coefficient (Wildman–Crippen LogP) is 2.49. The number of rotatable bonds is 11. The molecule has 2 aromatic carbocycles. The molecule has 0 saturated heterocycles. The van der Waals surface area contributed by atoms with Crippen LogP contribution in [0.5, 0.6) is 11.8 Å². The van der Waals surface area contributed by atoms with Gasteiger partial charge in [-0.3, -0.25) is 19.6 Å². The molecular formula is C42H42N8O10. The third-order valence-corrected chi connectivity index (χ3v) is 8.50. The number of carboxylic acid groups (broad SMARTS) is 2. The highest BCUT2D eigenvalue weighted by Crippen LogP contribution is 2.32. The molecule has 4 heterocycles. The van der Waals surface area contributed by atoms with Crippen LogP contribution in [0.25, 0.3) is 11.4 Å². The van der Waals surface area contributed by atoms with E-state index in [1.807, 2.05) is 84.9 Å². The number of hydrogen-bond acceptors (Lipinski definition) is 14. The highest BCUT2D eigenvalue weighted by atomic mass is 16.4. The van der Waals surface area contributed by atoms with Gasteiger partial charge in [0.1, 0.15) is 0 Å². The molecule has 6 rings (SSSR count). The van der Waals surface area contributed by atoms with Gasteiger partial charge in [0.25, 0.3) is 11.4 Å². The molecule has 0 saturated carbocycles. The van der Waals surface area contributed by atoms with Crippen molar-refractivity contribution in [2.24, 2.45) is 20.5 Å². The quantitative estimate of drug-likeness (QED) is 0.0820. The molecule has 0 fully saturated rings. The zero-order valence-electron chi connectivity index (χ0n) is 32.9. The molecule has 0 amide bonds. The van der Waals surface area contributed by atoms with Crippen molar-refractivity contribution in [2.45, 2.75) is 52.7 Å². The summed E-state index contributed by atoms with van der Waals surface area (Å²) in [4.78, 5) is 48.6. The average Bonchev–Trinajstić information content (AvgIpc) is 3.21. The number of carbonyl (C=O) groups excluding carboxylic acids is 2. The highest BCUT2D eigenvalue weighted by Gasteiger charge is 2.23. The topological polar surface area (TPSA) is 284 Å². The second kappa shape index (κ2) is 21.2. The van der Waals surface area contributed by atoms with Crippen molar-refractivity contribution in [1.29, 1.82) is 0 Å². The smallest absolute Gasteiger partial charge is 0.323 e. The van der Waals surface area contributed by atoms with Crippen LogP contribution in [0, 0.1) is 13.8 Å². The van der Waals surface area contributed by atoms with Gasteiger partial charge < -0.3 is 40.2 Å². The van der Waals surface area contributed by atoms with E-state index in [2.05, 4.69) is 30.4 Å². The molecule has 0 bridgehead atoms. The number of pyridine rings is 4. The van der Waals surface area contributed by atoms with Crippen molar-refractivity contribution in [3.8, 4) is 23.1 Å². The van der Waals surface area contributed by atoms with E-state index in [0.29, 0.717) is 33.9 Å². The molecule has 6 aromatic rings. The van der Waals surface area contributed by atoms with Gasteiger partial charge in [-0.2, -0.15) is 19.4 Å². The Morgan fingerprint density at radius 1 is 0.583 bits per heavy atom. The Morgan fingerprint density at radius 3 is 1.17 bits per heavy atom. The number of aliphatic hydroxyl groups excluding tert-OH is 2. The van der Waals surface area contributed by atoms with Crippen molar-refractivity contribution < 1.29 is 49.4 Å². The summed E-state index contributed by atoms with van der Waals surface area (Å²) in [5.41, 5.74) is 4.66. The molecule has 4 aromatic heterocycles. The predicted molar refractivity (Wildman–Crippen MR) is 212 cm³/mol. The maximum absolute atomic E-state index is 12.5. The first-order chi connectivity index (χ1) is 28.6. The standard InChI is InChI=1S/C36H30N8O4.2C3H6O3/c1-23-29(33(45)37-35(47)31(23)43-19-5-3-6-20-43)41-39-27-15-11-25(12-16-27)9-10-26-13-17-28(18-14-26)40-42-30-24(2)32(36(48)38-34(30)46)44-21-7-4-8-22-44;2*1-2(4)3(5)6/h3-8,11-22H,9-10H2,1-2H3,(H2-2,37,38,39,40,45,46,47,48);2*2,4H,1H3,(H,5,6). The van der Waals surface area contributed by atoms with Gasteiger partial charge in [0.05, 0.1) is 46.6 Å². The Bertz CT molecular complexity index is 2390. The summed E-state index contributed by atoms with van der Waals surface area (Å²) in [6, 6.07) is 26.2. The molecule has 6 N–H and O–H groups in total. The first-order valence-corrected chi connectivity index (χ1v) is 18.2. The SMILES string of the molecule is CC(O)C(=O)[O-].CC(O)C(=O)[O-].Cc1c(N=Nc2ccc(CCc3ccc(N=Nc4c(O)[nH]c(=O)c(-[n+]5ccccc5)c4C)cc3)cc2)c(O)[nH]c(=O)c1-[n+]1ccccc1. The van der Waals surface area contributed by atoms with Crippen LogP contribution in [0.1, 0.15) is 36.1 Å². The molecule has 18 nitrogen and oxygen atoms in total. The van der Waals surface area contributed by atoms with E-state index in [1.54, 1.807) is 47.8 Å². The van der Waals surface area contributed by atoms with E-state index < -0.39 is 35.3 Å². The summed E-state index contributed by atoms with van der Waals surface area (Å²) in [6.45, 7) is 5.71.